The Morgan fingerprint density at radius 3 is 2.72 bits per heavy atom. The fourth-order valence-electron chi connectivity index (χ4n) is 3.80. The van der Waals surface area contributed by atoms with Gasteiger partial charge in [0.25, 0.3) is 5.91 Å². The summed E-state index contributed by atoms with van der Waals surface area (Å²) < 4.78 is 0. The first-order chi connectivity index (χ1) is 14.0. The van der Waals surface area contributed by atoms with Gasteiger partial charge < -0.3 is 16.0 Å². The first kappa shape index (κ1) is 20.0. The third-order valence-corrected chi connectivity index (χ3v) is 6.17. The van der Waals surface area contributed by atoms with Crippen molar-refractivity contribution >= 4 is 46.1 Å². The van der Waals surface area contributed by atoms with E-state index in [0.717, 1.165) is 44.5 Å². The number of primary amides is 1. The molecule has 1 aliphatic heterocycles. The first-order valence-electron chi connectivity index (χ1n) is 9.68. The Kier molecular flexibility index (Phi) is 5.94. The molecule has 29 heavy (non-hydrogen) atoms. The van der Waals surface area contributed by atoms with Gasteiger partial charge in [-0.15, -0.1) is 0 Å². The normalized spacial score (nSPS) is 15.7. The summed E-state index contributed by atoms with van der Waals surface area (Å²) in [5.74, 6) is 0.777. The Hall–Kier alpha value is -2.28. The monoisotopic (exact) mass is 431 g/mol. The third kappa shape index (κ3) is 4.66. The molecule has 1 amide bonds. The van der Waals surface area contributed by atoms with Crippen molar-refractivity contribution in [2.24, 2.45) is 11.7 Å². The molecular weight excluding hydrogens is 409 g/mol. The lowest BCUT2D eigenvalue weighted by atomic mass is 9.96. The molecule has 0 saturated carbocycles. The maximum Gasteiger partial charge on any atom is 0.250 e. The van der Waals surface area contributed by atoms with Crippen molar-refractivity contribution in [3.05, 3.63) is 57.6 Å². The lowest BCUT2D eigenvalue weighted by Crippen LogP contribution is -2.35. The van der Waals surface area contributed by atoms with Gasteiger partial charge in [0.15, 0.2) is 0 Å². The molecule has 0 unspecified atom stereocenters. The lowest BCUT2D eigenvalue weighted by Gasteiger charge is -2.32. The van der Waals surface area contributed by atoms with Crippen LogP contribution in [-0.2, 0) is 6.54 Å². The number of amides is 1. The van der Waals surface area contributed by atoms with Crippen molar-refractivity contribution in [3.8, 4) is 0 Å². The number of nitrogens with one attached hydrogen (secondary N) is 2. The molecule has 1 fully saturated rings. The molecule has 0 aliphatic carbocycles. The van der Waals surface area contributed by atoms with Gasteiger partial charge in [0.1, 0.15) is 5.52 Å². The average Bonchev–Trinajstić information content (AvgIpc) is 3.13. The molecule has 6 nitrogen and oxygen atoms in total. The molecule has 1 aromatic heterocycles. The summed E-state index contributed by atoms with van der Waals surface area (Å²) in [6.45, 7) is 3.81. The van der Waals surface area contributed by atoms with Crippen LogP contribution in [0.15, 0.2) is 36.4 Å². The van der Waals surface area contributed by atoms with E-state index in [2.05, 4.69) is 20.2 Å². The number of H-pyrrole nitrogens is 1. The summed E-state index contributed by atoms with van der Waals surface area (Å²) in [6, 6.07) is 11.2. The van der Waals surface area contributed by atoms with Gasteiger partial charge in [-0.3, -0.25) is 9.69 Å². The number of aromatic nitrogens is 2. The van der Waals surface area contributed by atoms with Crippen molar-refractivity contribution < 1.29 is 4.79 Å². The van der Waals surface area contributed by atoms with Gasteiger partial charge in [0.2, 0.25) is 5.95 Å². The number of nitrogens with two attached hydrogens (primary N) is 1. The standard InChI is InChI=1S/C21H23Cl2N5O/c22-16-5-4-14(10-17(16)23)12-28-8-6-13(7-9-28)11-25-21-26-18-3-1-2-15(20(24)29)19(18)27-21/h1-5,10,13H,6-9,11-12H2,(H2,24,29)(H2,25,26,27). The highest BCUT2D eigenvalue weighted by Gasteiger charge is 2.20. The molecule has 0 spiro atoms. The van der Waals surface area contributed by atoms with Crippen LogP contribution in [0.1, 0.15) is 28.8 Å². The van der Waals surface area contributed by atoms with Crippen LogP contribution in [0.3, 0.4) is 0 Å². The number of imidazole rings is 1. The minimum atomic E-state index is -0.469. The van der Waals surface area contributed by atoms with Crippen LogP contribution in [0, 0.1) is 5.92 Å². The van der Waals surface area contributed by atoms with Gasteiger partial charge in [0.05, 0.1) is 21.1 Å². The van der Waals surface area contributed by atoms with Crippen LogP contribution in [0.4, 0.5) is 5.95 Å². The number of anilines is 1. The number of aromatic amines is 1. The highest BCUT2D eigenvalue weighted by molar-refractivity contribution is 6.42. The van der Waals surface area contributed by atoms with E-state index in [0.29, 0.717) is 33.0 Å². The van der Waals surface area contributed by atoms with Crippen LogP contribution in [0.25, 0.3) is 11.0 Å². The van der Waals surface area contributed by atoms with E-state index in [1.165, 1.54) is 5.56 Å². The molecule has 8 heteroatoms. The lowest BCUT2D eigenvalue weighted by molar-refractivity contribution is 0.100. The molecule has 2 aromatic carbocycles. The van der Waals surface area contributed by atoms with Gasteiger partial charge in [-0.1, -0.05) is 35.3 Å². The van der Waals surface area contributed by atoms with Gasteiger partial charge >= 0.3 is 0 Å². The number of fused-ring (bicyclic) bond motifs is 1. The van der Waals surface area contributed by atoms with Crippen molar-refractivity contribution in [1.29, 1.82) is 0 Å². The van der Waals surface area contributed by atoms with E-state index < -0.39 is 5.91 Å². The quantitative estimate of drug-likeness (QED) is 0.542. The molecule has 4 rings (SSSR count). The molecule has 0 atom stereocenters. The number of halogens is 2. The molecule has 2 heterocycles. The maximum absolute atomic E-state index is 11.6. The Morgan fingerprint density at radius 2 is 2.00 bits per heavy atom. The number of carbonyl (C=O) groups excluding carboxylic acids is 1. The Morgan fingerprint density at radius 1 is 1.21 bits per heavy atom. The largest absolute Gasteiger partial charge is 0.366 e. The first-order valence-corrected chi connectivity index (χ1v) is 10.4. The predicted molar refractivity (Wildman–Crippen MR) is 118 cm³/mol. The van der Waals surface area contributed by atoms with Gasteiger partial charge in [-0.2, -0.15) is 0 Å². The molecule has 0 radical (unpaired) electrons. The van der Waals surface area contributed by atoms with Crippen molar-refractivity contribution in [1.82, 2.24) is 14.9 Å². The van der Waals surface area contributed by atoms with Crippen LogP contribution in [0.2, 0.25) is 10.0 Å². The van der Waals surface area contributed by atoms with Crippen molar-refractivity contribution in [2.75, 3.05) is 25.0 Å². The Balaban J connectivity index is 1.30. The zero-order valence-electron chi connectivity index (χ0n) is 15.9. The fraction of sp³-hybridized carbons (Fsp3) is 0.333. The number of benzene rings is 2. The second-order valence-electron chi connectivity index (χ2n) is 7.50. The molecule has 1 saturated heterocycles. The Labute approximate surface area is 179 Å². The average molecular weight is 432 g/mol. The summed E-state index contributed by atoms with van der Waals surface area (Å²) in [5, 5.41) is 4.58. The number of nitrogens with zero attached hydrogens (tertiary/aromatic N) is 2. The van der Waals surface area contributed by atoms with Gasteiger partial charge in [0, 0.05) is 13.1 Å². The second-order valence-corrected chi connectivity index (χ2v) is 8.31. The fourth-order valence-corrected chi connectivity index (χ4v) is 4.12. The van der Waals surface area contributed by atoms with Crippen LogP contribution in [-0.4, -0.2) is 40.4 Å². The highest BCUT2D eigenvalue weighted by Crippen LogP contribution is 2.25. The second kappa shape index (κ2) is 8.61. The van der Waals surface area contributed by atoms with Crippen molar-refractivity contribution in [2.45, 2.75) is 19.4 Å². The SMILES string of the molecule is NC(=O)c1cccc2[nH]c(NCC3CCN(Cc4ccc(Cl)c(Cl)c4)CC3)nc12. The van der Waals surface area contributed by atoms with E-state index in [1.54, 1.807) is 12.1 Å². The van der Waals surface area contributed by atoms with Crippen LogP contribution >= 0.6 is 23.2 Å². The number of carbonyl (C=O) groups is 1. The van der Waals surface area contributed by atoms with Crippen LogP contribution in [0.5, 0.6) is 0 Å². The predicted octanol–water partition coefficient (Wildman–Crippen LogP) is 4.29. The van der Waals surface area contributed by atoms with Gasteiger partial charge in [-0.25, -0.2) is 4.98 Å². The number of rotatable bonds is 6. The topological polar surface area (TPSA) is 87.0 Å². The van der Waals surface area contributed by atoms with E-state index >= 15 is 0 Å². The smallest absolute Gasteiger partial charge is 0.250 e. The number of piperidine rings is 1. The van der Waals surface area contributed by atoms with E-state index in [9.17, 15) is 4.79 Å². The van der Waals surface area contributed by atoms with Crippen molar-refractivity contribution in [3.63, 3.8) is 0 Å². The van der Waals surface area contributed by atoms with E-state index in [4.69, 9.17) is 28.9 Å². The zero-order chi connectivity index (χ0) is 20.4. The number of likely N-dealkylation sites (tertiary alicyclic amines) is 1. The number of hydrogen-bond donors (Lipinski definition) is 3. The summed E-state index contributed by atoms with van der Waals surface area (Å²) in [4.78, 5) is 21.7. The molecule has 152 valence electrons. The zero-order valence-corrected chi connectivity index (χ0v) is 17.4. The molecule has 4 N–H and O–H groups in total. The number of para-hydroxylation sites is 1. The van der Waals surface area contributed by atoms with E-state index in [-0.39, 0.29) is 0 Å². The van der Waals surface area contributed by atoms with Crippen LogP contribution < -0.4 is 11.1 Å². The molecular formula is C21H23Cl2N5O. The number of hydrogen-bond acceptors (Lipinski definition) is 4. The van der Waals surface area contributed by atoms with Gasteiger partial charge in [-0.05, 0) is 61.7 Å². The maximum atomic E-state index is 11.6. The summed E-state index contributed by atoms with van der Waals surface area (Å²) in [6.07, 6.45) is 2.22. The summed E-state index contributed by atoms with van der Waals surface area (Å²) in [5.41, 5.74) is 8.46. The summed E-state index contributed by atoms with van der Waals surface area (Å²) >= 11 is 12.1. The Bertz CT molecular complexity index is 1030. The minimum Gasteiger partial charge on any atom is -0.366 e. The molecule has 1 aliphatic rings. The van der Waals surface area contributed by atoms with E-state index in [1.807, 2.05) is 24.3 Å². The third-order valence-electron chi connectivity index (χ3n) is 5.43. The minimum absolute atomic E-state index is 0.433. The molecule has 3 aromatic rings. The highest BCUT2D eigenvalue weighted by atomic mass is 35.5. The molecule has 0 bridgehead atoms. The summed E-state index contributed by atoms with van der Waals surface area (Å²) in [7, 11) is 0.